The highest BCUT2D eigenvalue weighted by Gasteiger charge is 2.26. The van der Waals surface area contributed by atoms with Crippen molar-refractivity contribution >= 4 is 0 Å². The molecule has 1 aliphatic carbocycles. The summed E-state index contributed by atoms with van der Waals surface area (Å²) in [5, 5.41) is 0. The first-order valence-electron chi connectivity index (χ1n) is 6.68. The van der Waals surface area contributed by atoms with Crippen molar-refractivity contribution in [1.29, 1.82) is 0 Å². The molecule has 0 spiro atoms. The Morgan fingerprint density at radius 1 is 1.22 bits per heavy atom. The van der Waals surface area contributed by atoms with Gasteiger partial charge in [-0.1, -0.05) is 24.3 Å². The van der Waals surface area contributed by atoms with Crippen molar-refractivity contribution in [1.82, 2.24) is 0 Å². The Hall–Kier alpha value is -1.54. The first-order valence-corrected chi connectivity index (χ1v) is 6.68. The highest BCUT2D eigenvalue weighted by Crippen LogP contribution is 2.38. The minimum atomic E-state index is 0.272. The third-order valence-corrected chi connectivity index (χ3v) is 3.89. The van der Waals surface area contributed by atoms with E-state index < -0.39 is 0 Å². The van der Waals surface area contributed by atoms with Crippen LogP contribution in [0.4, 0.5) is 0 Å². The van der Waals surface area contributed by atoms with Gasteiger partial charge in [0.05, 0.1) is 6.26 Å². The van der Waals surface area contributed by atoms with E-state index in [1.165, 1.54) is 17.5 Å². The molecule has 1 aromatic heterocycles. The standard InChI is InChI=1S/C16H19NO/c17-14(7-8-15-5-3-9-18-15)11-13-10-12-4-1-2-6-16(12)13/h1-6,9,13-14H,7-8,10-11,17H2. The number of furan rings is 1. The average molecular weight is 241 g/mol. The van der Waals surface area contributed by atoms with Gasteiger partial charge in [0.15, 0.2) is 0 Å². The first-order chi connectivity index (χ1) is 8.83. The van der Waals surface area contributed by atoms with Gasteiger partial charge >= 0.3 is 0 Å². The van der Waals surface area contributed by atoms with Crippen molar-refractivity contribution in [2.24, 2.45) is 5.73 Å². The van der Waals surface area contributed by atoms with Crippen LogP contribution >= 0.6 is 0 Å². The fourth-order valence-corrected chi connectivity index (χ4v) is 2.84. The van der Waals surface area contributed by atoms with E-state index in [1.54, 1.807) is 6.26 Å². The second kappa shape index (κ2) is 4.99. The van der Waals surface area contributed by atoms with Crippen molar-refractivity contribution in [3.05, 3.63) is 59.5 Å². The molecule has 2 aromatic rings. The molecule has 1 aliphatic rings. The summed E-state index contributed by atoms with van der Waals surface area (Å²) in [6.45, 7) is 0. The number of rotatable bonds is 5. The Kier molecular flexibility index (Phi) is 3.20. The maximum atomic E-state index is 6.22. The van der Waals surface area contributed by atoms with Gasteiger partial charge in [0.1, 0.15) is 5.76 Å². The summed E-state index contributed by atoms with van der Waals surface area (Å²) in [4.78, 5) is 0. The highest BCUT2D eigenvalue weighted by atomic mass is 16.3. The van der Waals surface area contributed by atoms with E-state index in [9.17, 15) is 0 Å². The molecule has 2 N–H and O–H groups in total. The Labute approximate surface area is 108 Å². The summed E-state index contributed by atoms with van der Waals surface area (Å²) >= 11 is 0. The van der Waals surface area contributed by atoms with Crippen LogP contribution in [-0.4, -0.2) is 6.04 Å². The molecule has 1 aromatic carbocycles. The van der Waals surface area contributed by atoms with Crippen LogP contribution in [-0.2, 0) is 12.8 Å². The van der Waals surface area contributed by atoms with E-state index >= 15 is 0 Å². The van der Waals surface area contributed by atoms with Gasteiger partial charge in [-0.3, -0.25) is 0 Å². The van der Waals surface area contributed by atoms with E-state index in [1.807, 2.05) is 12.1 Å². The average Bonchev–Trinajstić information content (AvgIpc) is 2.87. The van der Waals surface area contributed by atoms with Gasteiger partial charge in [-0.15, -0.1) is 0 Å². The SMILES string of the molecule is NC(CCc1ccco1)CC1Cc2ccccc21. The fraction of sp³-hybridized carbons (Fsp3) is 0.375. The molecule has 2 unspecified atom stereocenters. The number of hydrogen-bond donors (Lipinski definition) is 1. The van der Waals surface area contributed by atoms with E-state index in [0.29, 0.717) is 5.92 Å². The number of nitrogens with two attached hydrogens (primary N) is 1. The predicted octanol–water partition coefficient (Wildman–Crippen LogP) is 3.27. The number of hydrogen-bond acceptors (Lipinski definition) is 2. The van der Waals surface area contributed by atoms with E-state index in [2.05, 4.69) is 24.3 Å². The molecule has 0 aliphatic heterocycles. The molecular formula is C16H19NO. The molecule has 94 valence electrons. The van der Waals surface area contributed by atoms with Crippen LogP contribution in [0.2, 0.25) is 0 Å². The molecule has 0 saturated carbocycles. The molecule has 0 amide bonds. The van der Waals surface area contributed by atoms with Crippen LogP contribution in [0, 0.1) is 0 Å². The zero-order valence-electron chi connectivity index (χ0n) is 10.5. The van der Waals surface area contributed by atoms with Crippen molar-refractivity contribution in [2.45, 2.75) is 37.6 Å². The summed E-state index contributed by atoms with van der Waals surface area (Å²) < 4.78 is 5.33. The minimum absolute atomic E-state index is 0.272. The molecule has 18 heavy (non-hydrogen) atoms. The van der Waals surface area contributed by atoms with Crippen LogP contribution < -0.4 is 5.73 Å². The third kappa shape index (κ3) is 2.34. The molecule has 0 bridgehead atoms. The Morgan fingerprint density at radius 3 is 2.89 bits per heavy atom. The maximum absolute atomic E-state index is 6.22. The topological polar surface area (TPSA) is 39.2 Å². The molecule has 0 saturated heterocycles. The number of benzene rings is 1. The van der Waals surface area contributed by atoms with Gasteiger partial charge in [0.2, 0.25) is 0 Å². The highest BCUT2D eigenvalue weighted by molar-refractivity contribution is 5.39. The summed E-state index contributed by atoms with van der Waals surface area (Å²) in [7, 11) is 0. The fourth-order valence-electron chi connectivity index (χ4n) is 2.84. The van der Waals surface area contributed by atoms with Gasteiger partial charge in [-0.05, 0) is 48.4 Å². The van der Waals surface area contributed by atoms with E-state index in [-0.39, 0.29) is 6.04 Å². The Bertz CT molecular complexity index is 504. The lowest BCUT2D eigenvalue weighted by molar-refractivity contribution is 0.441. The first kappa shape index (κ1) is 11.5. The molecule has 2 atom stereocenters. The molecule has 0 fully saturated rings. The van der Waals surface area contributed by atoms with Crippen LogP contribution in [0.25, 0.3) is 0 Å². The maximum Gasteiger partial charge on any atom is 0.103 e. The molecule has 2 heteroatoms. The largest absolute Gasteiger partial charge is 0.469 e. The number of aryl methyl sites for hydroxylation is 1. The smallest absolute Gasteiger partial charge is 0.103 e. The van der Waals surface area contributed by atoms with Gasteiger partial charge in [0.25, 0.3) is 0 Å². The zero-order chi connectivity index (χ0) is 12.4. The lowest BCUT2D eigenvalue weighted by atomic mass is 9.74. The van der Waals surface area contributed by atoms with E-state index in [0.717, 1.165) is 25.0 Å². The molecule has 2 nitrogen and oxygen atoms in total. The Balaban J connectivity index is 1.49. The molecule has 0 radical (unpaired) electrons. The predicted molar refractivity (Wildman–Crippen MR) is 72.5 cm³/mol. The van der Waals surface area contributed by atoms with Crippen molar-refractivity contribution in [3.8, 4) is 0 Å². The van der Waals surface area contributed by atoms with E-state index in [4.69, 9.17) is 10.2 Å². The summed E-state index contributed by atoms with van der Waals surface area (Å²) in [5.41, 5.74) is 9.22. The zero-order valence-corrected chi connectivity index (χ0v) is 10.5. The monoisotopic (exact) mass is 241 g/mol. The lowest BCUT2D eigenvalue weighted by Crippen LogP contribution is -2.28. The minimum Gasteiger partial charge on any atom is -0.469 e. The van der Waals surface area contributed by atoms with Crippen molar-refractivity contribution in [2.75, 3.05) is 0 Å². The number of fused-ring (bicyclic) bond motifs is 1. The van der Waals surface area contributed by atoms with Gasteiger partial charge in [0, 0.05) is 12.5 Å². The molecular weight excluding hydrogens is 222 g/mol. The summed E-state index contributed by atoms with van der Waals surface area (Å²) in [6, 6.07) is 12.9. The Morgan fingerprint density at radius 2 is 2.11 bits per heavy atom. The van der Waals surface area contributed by atoms with Crippen LogP contribution in [0.1, 0.15) is 35.6 Å². The quantitative estimate of drug-likeness (QED) is 0.872. The third-order valence-electron chi connectivity index (χ3n) is 3.89. The van der Waals surface area contributed by atoms with Crippen LogP contribution in [0.5, 0.6) is 0 Å². The second-order valence-corrected chi connectivity index (χ2v) is 5.21. The molecule has 3 rings (SSSR count). The van der Waals surface area contributed by atoms with Crippen molar-refractivity contribution in [3.63, 3.8) is 0 Å². The van der Waals surface area contributed by atoms with Gasteiger partial charge in [-0.2, -0.15) is 0 Å². The summed E-state index contributed by atoms with van der Waals surface area (Å²) in [5.74, 6) is 1.72. The normalized spacial score (nSPS) is 19.1. The van der Waals surface area contributed by atoms with Crippen molar-refractivity contribution < 1.29 is 4.42 Å². The van der Waals surface area contributed by atoms with Crippen LogP contribution in [0.3, 0.4) is 0 Å². The summed E-state index contributed by atoms with van der Waals surface area (Å²) in [6.07, 6.45) is 5.97. The van der Waals surface area contributed by atoms with Gasteiger partial charge in [-0.25, -0.2) is 0 Å². The van der Waals surface area contributed by atoms with Crippen LogP contribution in [0.15, 0.2) is 47.1 Å². The second-order valence-electron chi connectivity index (χ2n) is 5.21. The lowest BCUT2D eigenvalue weighted by Gasteiger charge is -2.32. The van der Waals surface area contributed by atoms with Gasteiger partial charge < -0.3 is 10.2 Å². The molecule has 1 heterocycles.